The van der Waals surface area contributed by atoms with Crippen molar-refractivity contribution in [3.05, 3.63) is 0 Å². The van der Waals surface area contributed by atoms with Gasteiger partial charge < -0.3 is 10.2 Å². The maximum absolute atomic E-state index is 3.75. The van der Waals surface area contributed by atoms with Gasteiger partial charge in [0.2, 0.25) is 0 Å². The molecule has 2 saturated carbocycles. The number of hydrogen-bond donors (Lipinski definition) is 1. The Labute approximate surface area is 106 Å². The first-order valence-electron chi connectivity index (χ1n) is 7.43. The molecule has 3 aliphatic rings. The summed E-state index contributed by atoms with van der Waals surface area (Å²) < 4.78 is 0. The van der Waals surface area contributed by atoms with Crippen molar-refractivity contribution in [2.24, 2.45) is 0 Å². The van der Waals surface area contributed by atoms with Gasteiger partial charge in [-0.2, -0.15) is 0 Å². The highest BCUT2D eigenvalue weighted by Crippen LogP contribution is 2.33. The van der Waals surface area contributed by atoms with E-state index in [0.717, 1.165) is 24.2 Å². The van der Waals surface area contributed by atoms with Crippen LogP contribution in [0.25, 0.3) is 0 Å². The molecule has 0 aromatic carbocycles. The molecule has 98 valence electrons. The molecule has 3 nitrogen and oxygen atoms in total. The molecular weight excluding hydrogens is 210 g/mol. The second-order valence-electron chi connectivity index (χ2n) is 6.38. The highest BCUT2D eigenvalue weighted by atomic mass is 15.3. The third-order valence-corrected chi connectivity index (χ3v) is 4.71. The maximum atomic E-state index is 3.75. The van der Waals surface area contributed by atoms with Crippen molar-refractivity contribution in [1.29, 1.82) is 0 Å². The molecule has 0 amide bonds. The highest BCUT2D eigenvalue weighted by molar-refractivity contribution is 4.96. The van der Waals surface area contributed by atoms with E-state index < -0.39 is 0 Å². The predicted molar refractivity (Wildman–Crippen MR) is 71.2 cm³/mol. The molecular formula is C14H27N3. The van der Waals surface area contributed by atoms with Crippen LogP contribution >= 0.6 is 0 Å². The molecule has 0 spiro atoms. The molecule has 3 fully saturated rings. The van der Waals surface area contributed by atoms with E-state index in [1.54, 1.807) is 0 Å². The van der Waals surface area contributed by atoms with Gasteiger partial charge in [-0.1, -0.05) is 0 Å². The normalized spacial score (nSPS) is 34.8. The standard InChI is InChI=1S/C14H27N3/c1-11-9-12(10-17(11)14-5-6-14)15-7-8-16(2)13-3-4-13/h11-15H,3-10H2,1-2H3. The van der Waals surface area contributed by atoms with Gasteiger partial charge in [-0.25, -0.2) is 0 Å². The van der Waals surface area contributed by atoms with Crippen molar-refractivity contribution in [2.75, 3.05) is 26.7 Å². The molecule has 0 aromatic heterocycles. The first-order chi connectivity index (χ1) is 8.24. The zero-order valence-corrected chi connectivity index (χ0v) is 11.4. The van der Waals surface area contributed by atoms with Gasteiger partial charge in [0.25, 0.3) is 0 Å². The summed E-state index contributed by atoms with van der Waals surface area (Å²) in [6.45, 7) is 6.08. The lowest BCUT2D eigenvalue weighted by Crippen LogP contribution is -2.38. The van der Waals surface area contributed by atoms with Gasteiger partial charge in [0.05, 0.1) is 0 Å². The third-order valence-electron chi connectivity index (χ3n) is 4.71. The van der Waals surface area contributed by atoms with Crippen LogP contribution < -0.4 is 5.32 Å². The molecule has 3 rings (SSSR count). The van der Waals surface area contributed by atoms with Gasteiger partial charge >= 0.3 is 0 Å². The monoisotopic (exact) mass is 237 g/mol. The number of likely N-dealkylation sites (tertiary alicyclic amines) is 1. The number of nitrogens with one attached hydrogen (secondary N) is 1. The molecule has 0 bridgehead atoms. The molecule has 1 aliphatic heterocycles. The minimum Gasteiger partial charge on any atom is -0.311 e. The second kappa shape index (κ2) is 4.87. The van der Waals surface area contributed by atoms with Gasteiger partial charge in [0.15, 0.2) is 0 Å². The summed E-state index contributed by atoms with van der Waals surface area (Å²) in [5.41, 5.74) is 0. The highest BCUT2D eigenvalue weighted by Gasteiger charge is 2.38. The summed E-state index contributed by atoms with van der Waals surface area (Å²) >= 11 is 0. The van der Waals surface area contributed by atoms with E-state index >= 15 is 0 Å². The quantitative estimate of drug-likeness (QED) is 0.751. The smallest absolute Gasteiger partial charge is 0.0210 e. The van der Waals surface area contributed by atoms with Crippen LogP contribution in [0.1, 0.15) is 39.0 Å². The summed E-state index contributed by atoms with van der Waals surface area (Å²) in [6.07, 6.45) is 7.09. The average molecular weight is 237 g/mol. The Hall–Kier alpha value is -0.120. The molecule has 1 saturated heterocycles. The number of rotatable bonds is 6. The fraction of sp³-hybridized carbons (Fsp3) is 1.00. The minimum absolute atomic E-state index is 0.748. The summed E-state index contributed by atoms with van der Waals surface area (Å²) in [5, 5.41) is 3.75. The van der Waals surface area contributed by atoms with E-state index in [1.165, 1.54) is 51.7 Å². The maximum Gasteiger partial charge on any atom is 0.0210 e. The molecule has 0 aromatic rings. The summed E-state index contributed by atoms with van der Waals surface area (Å²) in [4.78, 5) is 5.24. The lowest BCUT2D eigenvalue weighted by atomic mass is 10.2. The van der Waals surface area contributed by atoms with E-state index in [-0.39, 0.29) is 0 Å². The van der Waals surface area contributed by atoms with E-state index in [9.17, 15) is 0 Å². The molecule has 17 heavy (non-hydrogen) atoms. The SMILES string of the molecule is CC1CC(NCCN(C)C2CC2)CN1C1CC1. The number of nitrogens with zero attached hydrogens (tertiary/aromatic N) is 2. The summed E-state index contributed by atoms with van der Waals surface area (Å²) in [5.74, 6) is 0. The van der Waals surface area contributed by atoms with Crippen molar-refractivity contribution in [3.63, 3.8) is 0 Å². The van der Waals surface area contributed by atoms with Crippen LogP contribution in [0, 0.1) is 0 Å². The lowest BCUT2D eigenvalue weighted by molar-refractivity contribution is 0.254. The second-order valence-corrected chi connectivity index (χ2v) is 6.38. The minimum atomic E-state index is 0.748. The van der Waals surface area contributed by atoms with Crippen LogP contribution in [0.2, 0.25) is 0 Å². The van der Waals surface area contributed by atoms with Crippen LogP contribution in [0.15, 0.2) is 0 Å². The van der Waals surface area contributed by atoms with Gasteiger partial charge in [-0.15, -0.1) is 0 Å². The number of hydrogen-bond acceptors (Lipinski definition) is 3. The molecule has 2 atom stereocenters. The molecule has 2 aliphatic carbocycles. The molecule has 0 radical (unpaired) electrons. The number of likely N-dealkylation sites (N-methyl/N-ethyl adjacent to an activating group) is 1. The van der Waals surface area contributed by atoms with Crippen LogP contribution in [0.5, 0.6) is 0 Å². The van der Waals surface area contributed by atoms with Gasteiger partial charge in [-0.3, -0.25) is 4.90 Å². The van der Waals surface area contributed by atoms with Crippen LogP contribution in [0.3, 0.4) is 0 Å². The average Bonchev–Trinajstić information content (AvgIpc) is 3.17. The molecule has 3 heteroatoms. The van der Waals surface area contributed by atoms with Gasteiger partial charge in [0.1, 0.15) is 0 Å². The van der Waals surface area contributed by atoms with Crippen LogP contribution in [-0.2, 0) is 0 Å². The van der Waals surface area contributed by atoms with E-state index in [2.05, 4.69) is 29.1 Å². The fourth-order valence-corrected chi connectivity index (χ4v) is 3.26. The van der Waals surface area contributed by atoms with E-state index in [0.29, 0.717) is 0 Å². The Balaban J connectivity index is 1.35. The van der Waals surface area contributed by atoms with Gasteiger partial charge in [-0.05, 0) is 46.1 Å². The molecule has 2 unspecified atom stereocenters. The van der Waals surface area contributed by atoms with Crippen LogP contribution in [0.4, 0.5) is 0 Å². The summed E-state index contributed by atoms with van der Waals surface area (Å²) in [7, 11) is 2.27. The zero-order valence-electron chi connectivity index (χ0n) is 11.4. The Kier molecular flexibility index (Phi) is 3.42. The van der Waals surface area contributed by atoms with Crippen molar-refractivity contribution in [3.8, 4) is 0 Å². The van der Waals surface area contributed by atoms with Crippen molar-refractivity contribution < 1.29 is 0 Å². The molecule has 1 N–H and O–H groups in total. The van der Waals surface area contributed by atoms with E-state index in [4.69, 9.17) is 0 Å². The summed E-state index contributed by atoms with van der Waals surface area (Å²) in [6, 6.07) is 3.40. The topological polar surface area (TPSA) is 18.5 Å². The van der Waals surface area contributed by atoms with Gasteiger partial charge in [0, 0.05) is 43.8 Å². The fourth-order valence-electron chi connectivity index (χ4n) is 3.26. The van der Waals surface area contributed by atoms with Crippen molar-refractivity contribution in [1.82, 2.24) is 15.1 Å². The Bertz CT molecular complexity index is 260. The Morgan fingerprint density at radius 3 is 2.65 bits per heavy atom. The van der Waals surface area contributed by atoms with Crippen molar-refractivity contribution >= 4 is 0 Å². The van der Waals surface area contributed by atoms with Crippen molar-refractivity contribution in [2.45, 2.75) is 63.2 Å². The Morgan fingerprint density at radius 2 is 2.00 bits per heavy atom. The van der Waals surface area contributed by atoms with Crippen LogP contribution in [-0.4, -0.2) is 60.6 Å². The van der Waals surface area contributed by atoms with E-state index in [1.807, 2.05) is 0 Å². The molecule has 1 heterocycles. The first-order valence-corrected chi connectivity index (χ1v) is 7.43. The zero-order chi connectivity index (χ0) is 11.8. The Morgan fingerprint density at radius 1 is 1.24 bits per heavy atom. The largest absolute Gasteiger partial charge is 0.311 e. The lowest BCUT2D eigenvalue weighted by Gasteiger charge is -2.20. The predicted octanol–water partition coefficient (Wildman–Crippen LogP) is 1.30. The first kappa shape index (κ1) is 11.9. The third kappa shape index (κ3) is 3.01.